The Morgan fingerprint density at radius 2 is 1.94 bits per heavy atom. The molecule has 0 saturated heterocycles. The number of rotatable bonds is 2. The maximum atomic E-state index is 10.7. The average Bonchev–Trinajstić information content (AvgIpc) is 2.06. The molecule has 0 spiro atoms. The predicted molar refractivity (Wildman–Crippen MR) is 50.5 cm³/mol. The molecule has 1 aromatic rings. The summed E-state index contributed by atoms with van der Waals surface area (Å²) in [6.45, 7) is 2.83. The molecule has 0 aliphatic carbocycles. The Bertz CT molecular complexity index is 495. The summed E-state index contributed by atoms with van der Waals surface area (Å²) < 4.78 is 36.8. The van der Waals surface area contributed by atoms with Crippen LogP contribution in [0.1, 0.15) is 12.5 Å². The first-order valence-corrected chi connectivity index (χ1v) is 5.46. The number of carbonyl (C=O) groups excluding carboxylic acids is 1. The fourth-order valence-electron chi connectivity index (χ4n) is 1.00. The van der Waals surface area contributed by atoms with Crippen LogP contribution >= 0.6 is 0 Å². The van der Waals surface area contributed by atoms with E-state index in [1.165, 1.54) is 19.1 Å². The summed E-state index contributed by atoms with van der Waals surface area (Å²) in [6, 6.07) is 3.62. The minimum atomic E-state index is -4.52. The number of benzene rings is 1. The maximum Gasteiger partial charge on any atom is 1.00 e. The van der Waals surface area contributed by atoms with Crippen LogP contribution in [0.15, 0.2) is 23.1 Å². The van der Waals surface area contributed by atoms with Gasteiger partial charge in [0.2, 0.25) is 0 Å². The van der Waals surface area contributed by atoms with Crippen molar-refractivity contribution < 1.29 is 39.6 Å². The number of hydrogen-bond donors (Lipinski definition) is 0. The van der Waals surface area contributed by atoms with Crippen molar-refractivity contribution in [3.8, 4) is 5.75 Å². The van der Waals surface area contributed by atoms with E-state index in [0.29, 0.717) is 5.56 Å². The Kier molecular flexibility index (Phi) is 5.15. The Balaban J connectivity index is 0.00000225. The number of aryl methyl sites for hydroxylation is 1. The molecule has 0 N–H and O–H groups in total. The van der Waals surface area contributed by atoms with Crippen molar-refractivity contribution >= 4 is 16.1 Å². The van der Waals surface area contributed by atoms with Gasteiger partial charge in [0, 0.05) is 6.92 Å². The summed E-state index contributed by atoms with van der Waals surface area (Å²) in [4.78, 5) is 10.3. The number of hydrogen-bond acceptors (Lipinski definition) is 5. The summed E-state index contributed by atoms with van der Waals surface area (Å²) in [5.41, 5.74) is 0.581. The number of ether oxygens (including phenoxy) is 1. The van der Waals surface area contributed by atoms with Gasteiger partial charge in [-0.1, -0.05) is 6.07 Å². The third kappa shape index (κ3) is 3.94. The summed E-state index contributed by atoms with van der Waals surface area (Å²) in [6.07, 6.45) is 0. The van der Waals surface area contributed by atoms with Gasteiger partial charge in [0.25, 0.3) is 0 Å². The van der Waals surface area contributed by atoms with Crippen molar-refractivity contribution in [2.45, 2.75) is 18.7 Å². The van der Waals surface area contributed by atoms with Crippen LogP contribution in [0.3, 0.4) is 0 Å². The first kappa shape index (κ1) is 15.1. The zero-order valence-electron chi connectivity index (χ0n) is 8.48. The molecule has 0 amide bonds. The van der Waals surface area contributed by atoms with Crippen molar-refractivity contribution in [1.29, 1.82) is 0 Å². The monoisotopic (exact) mass is 292 g/mol. The standard InChI is InChI=1S/C9H10O5S.Cu/c1-6-3-4-8(15(11,12)13)5-9(6)14-7(2)10;/h3-5H,1-2H3,(H,11,12,13);/q;+1/p-1. The molecule has 16 heavy (non-hydrogen) atoms. The molecule has 0 saturated carbocycles. The Hall–Kier alpha value is -0.881. The first-order chi connectivity index (χ1) is 6.80. The normalized spacial score (nSPS) is 10.4. The second-order valence-electron chi connectivity index (χ2n) is 2.98. The van der Waals surface area contributed by atoms with Crippen LogP contribution in [0, 0.1) is 6.92 Å². The summed E-state index contributed by atoms with van der Waals surface area (Å²) in [5.74, 6) is -0.488. The number of esters is 1. The molecule has 0 fully saturated rings. The minimum absolute atomic E-state index is 0. The van der Waals surface area contributed by atoms with Crippen molar-refractivity contribution in [2.75, 3.05) is 0 Å². The van der Waals surface area contributed by atoms with E-state index in [1.54, 1.807) is 6.92 Å². The molecule has 5 nitrogen and oxygen atoms in total. The van der Waals surface area contributed by atoms with Crippen LogP contribution < -0.4 is 4.74 Å². The van der Waals surface area contributed by atoms with Gasteiger partial charge in [0.1, 0.15) is 15.9 Å². The summed E-state index contributed by atoms with van der Waals surface area (Å²) in [7, 11) is -4.52. The molecule has 0 aromatic heterocycles. The molecule has 7 heteroatoms. The van der Waals surface area contributed by atoms with E-state index >= 15 is 0 Å². The van der Waals surface area contributed by atoms with E-state index < -0.39 is 21.0 Å². The minimum Gasteiger partial charge on any atom is -0.744 e. The van der Waals surface area contributed by atoms with Crippen LogP contribution in [-0.2, 0) is 32.0 Å². The molecule has 1 rings (SSSR count). The topological polar surface area (TPSA) is 83.5 Å². The predicted octanol–water partition coefficient (Wildman–Crippen LogP) is 0.822. The Morgan fingerprint density at radius 3 is 2.38 bits per heavy atom. The second kappa shape index (κ2) is 5.45. The third-order valence-electron chi connectivity index (χ3n) is 1.70. The van der Waals surface area contributed by atoms with Crippen molar-refractivity contribution in [3.63, 3.8) is 0 Å². The van der Waals surface area contributed by atoms with Crippen molar-refractivity contribution in [1.82, 2.24) is 0 Å². The van der Waals surface area contributed by atoms with E-state index in [2.05, 4.69) is 0 Å². The van der Waals surface area contributed by atoms with Gasteiger partial charge in [-0.15, -0.1) is 0 Å². The summed E-state index contributed by atoms with van der Waals surface area (Å²) in [5, 5.41) is 0. The SMILES string of the molecule is CC(=O)Oc1cc(S(=O)(=O)[O-])ccc1C.[Cu+]. The maximum absolute atomic E-state index is 10.7. The van der Waals surface area contributed by atoms with E-state index in [-0.39, 0.29) is 22.8 Å². The molecule has 0 unspecified atom stereocenters. The molecule has 92 valence electrons. The molecule has 0 atom stereocenters. The van der Waals surface area contributed by atoms with Gasteiger partial charge in [-0.05, 0) is 24.6 Å². The molecule has 0 bridgehead atoms. The van der Waals surface area contributed by atoms with Gasteiger partial charge in [0.05, 0.1) is 4.90 Å². The number of carbonyl (C=O) groups is 1. The second-order valence-corrected chi connectivity index (χ2v) is 4.35. The zero-order valence-corrected chi connectivity index (χ0v) is 10.2. The van der Waals surface area contributed by atoms with Crippen LogP contribution in [0.5, 0.6) is 5.75 Å². The summed E-state index contributed by atoms with van der Waals surface area (Å²) >= 11 is 0. The van der Waals surface area contributed by atoms with Crippen LogP contribution in [0.25, 0.3) is 0 Å². The van der Waals surface area contributed by atoms with E-state index in [4.69, 9.17) is 4.74 Å². The Labute approximate surface area is 104 Å². The average molecular weight is 293 g/mol. The van der Waals surface area contributed by atoms with Gasteiger partial charge in [-0.25, -0.2) is 8.42 Å². The molecular weight excluding hydrogens is 284 g/mol. The molecule has 0 aliphatic heterocycles. The van der Waals surface area contributed by atoms with Gasteiger partial charge >= 0.3 is 23.0 Å². The third-order valence-corrected chi connectivity index (χ3v) is 2.53. The van der Waals surface area contributed by atoms with Gasteiger partial charge in [0.15, 0.2) is 0 Å². The first-order valence-electron chi connectivity index (χ1n) is 4.05. The quantitative estimate of drug-likeness (QED) is 0.349. The van der Waals surface area contributed by atoms with E-state index in [9.17, 15) is 17.8 Å². The fraction of sp³-hybridized carbons (Fsp3) is 0.222. The molecule has 0 aliphatic rings. The van der Waals surface area contributed by atoms with E-state index in [1.807, 2.05) is 0 Å². The van der Waals surface area contributed by atoms with Crippen molar-refractivity contribution in [2.24, 2.45) is 0 Å². The zero-order chi connectivity index (χ0) is 11.6. The smallest absolute Gasteiger partial charge is 0.744 e. The molecule has 1 aromatic carbocycles. The van der Waals surface area contributed by atoms with Crippen LogP contribution in [0.4, 0.5) is 0 Å². The van der Waals surface area contributed by atoms with Crippen LogP contribution in [-0.4, -0.2) is 18.9 Å². The molecular formula is C9H9CuO5S. The largest absolute Gasteiger partial charge is 1.00 e. The van der Waals surface area contributed by atoms with Crippen molar-refractivity contribution in [3.05, 3.63) is 23.8 Å². The molecule has 0 radical (unpaired) electrons. The molecule has 0 heterocycles. The van der Waals surface area contributed by atoms with Gasteiger partial charge in [-0.3, -0.25) is 4.79 Å². The van der Waals surface area contributed by atoms with Gasteiger partial charge in [-0.2, -0.15) is 0 Å². The fourth-order valence-corrected chi connectivity index (χ4v) is 1.49. The van der Waals surface area contributed by atoms with E-state index in [0.717, 1.165) is 6.07 Å². The van der Waals surface area contributed by atoms with Crippen LogP contribution in [0.2, 0.25) is 0 Å². The van der Waals surface area contributed by atoms with Gasteiger partial charge < -0.3 is 9.29 Å². The Morgan fingerprint density at radius 1 is 1.38 bits per heavy atom.